The first-order valence-electron chi connectivity index (χ1n) is 9.83. The van der Waals surface area contributed by atoms with Crippen LogP contribution in [-0.4, -0.2) is 42.2 Å². The van der Waals surface area contributed by atoms with Gasteiger partial charge in [0.2, 0.25) is 5.95 Å². The lowest BCUT2D eigenvalue weighted by Crippen LogP contribution is -2.42. The van der Waals surface area contributed by atoms with Crippen LogP contribution >= 0.6 is 0 Å². The zero-order valence-corrected chi connectivity index (χ0v) is 17.1. The van der Waals surface area contributed by atoms with Crippen LogP contribution in [0.2, 0.25) is 0 Å². The fourth-order valence-electron chi connectivity index (χ4n) is 3.58. The maximum atomic E-state index is 12.4. The highest BCUT2D eigenvalue weighted by Gasteiger charge is 2.23. The van der Waals surface area contributed by atoms with Gasteiger partial charge in [0.1, 0.15) is 5.82 Å². The first-order valence-corrected chi connectivity index (χ1v) is 9.83. The van der Waals surface area contributed by atoms with Crippen LogP contribution in [0.1, 0.15) is 36.8 Å². The smallest absolute Gasteiger partial charge is 0.319 e. The standard InChI is InChI=1S/C21H30N6O/c1-14-6-5-7-15(2)19(14)26-21(28)24-17-10-8-16(9-11-17)23-20-22-13-12-18(25-20)27(3)4/h5-7,12-13,16-17H,8-11H2,1-4H3,(H,22,23,25)(H2,24,26,28)/t16-,17+. The molecule has 1 aliphatic carbocycles. The second-order valence-corrected chi connectivity index (χ2v) is 7.69. The van der Waals surface area contributed by atoms with Crippen molar-refractivity contribution in [2.75, 3.05) is 29.6 Å². The molecule has 1 heterocycles. The second-order valence-electron chi connectivity index (χ2n) is 7.69. The number of aromatic nitrogens is 2. The molecule has 0 saturated heterocycles. The third-order valence-corrected chi connectivity index (χ3v) is 5.21. The summed E-state index contributed by atoms with van der Waals surface area (Å²) in [6.07, 6.45) is 5.60. The van der Waals surface area contributed by atoms with Crippen molar-refractivity contribution in [1.29, 1.82) is 0 Å². The average molecular weight is 383 g/mol. The van der Waals surface area contributed by atoms with E-state index < -0.39 is 0 Å². The van der Waals surface area contributed by atoms with Crippen molar-refractivity contribution in [2.45, 2.75) is 51.6 Å². The quantitative estimate of drug-likeness (QED) is 0.734. The van der Waals surface area contributed by atoms with Crippen LogP contribution in [0, 0.1) is 13.8 Å². The summed E-state index contributed by atoms with van der Waals surface area (Å²) in [6, 6.07) is 8.30. The van der Waals surface area contributed by atoms with Gasteiger partial charge in [0.25, 0.3) is 0 Å². The monoisotopic (exact) mass is 382 g/mol. The van der Waals surface area contributed by atoms with Gasteiger partial charge in [-0.1, -0.05) is 18.2 Å². The van der Waals surface area contributed by atoms with E-state index in [2.05, 4.69) is 25.9 Å². The number of hydrogen-bond acceptors (Lipinski definition) is 5. The molecule has 28 heavy (non-hydrogen) atoms. The van der Waals surface area contributed by atoms with E-state index in [1.54, 1.807) is 6.20 Å². The first kappa shape index (κ1) is 19.9. The molecular weight excluding hydrogens is 352 g/mol. The number of nitrogens with zero attached hydrogens (tertiary/aromatic N) is 3. The molecular formula is C21H30N6O. The fraction of sp³-hybridized carbons (Fsp3) is 0.476. The van der Waals surface area contributed by atoms with Gasteiger partial charge < -0.3 is 20.9 Å². The van der Waals surface area contributed by atoms with Crippen LogP contribution in [0.15, 0.2) is 30.5 Å². The van der Waals surface area contributed by atoms with Gasteiger partial charge in [0, 0.05) is 38.1 Å². The molecule has 3 rings (SSSR count). The van der Waals surface area contributed by atoms with E-state index >= 15 is 0 Å². The van der Waals surface area contributed by atoms with Gasteiger partial charge >= 0.3 is 6.03 Å². The Morgan fingerprint density at radius 3 is 2.32 bits per heavy atom. The topological polar surface area (TPSA) is 82.2 Å². The number of hydrogen-bond donors (Lipinski definition) is 3. The highest BCUT2D eigenvalue weighted by atomic mass is 16.2. The van der Waals surface area contributed by atoms with Crippen LogP contribution in [0.25, 0.3) is 0 Å². The predicted octanol–water partition coefficient (Wildman–Crippen LogP) is 3.70. The average Bonchev–Trinajstić information content (AvgIpc) is 2.67. The normalized spacial score (nSPS) is 19.0. The minimum atomic E-state index is -0.129. The molecule has 150 valence electrons. The molecule has 2 aromatic rings. The maximum Gasteiger partial charge on any atom is 0.319 e. The number of carbonyl (C=O) groups excluding carboxylic acids is 1. The van der Waals surface area contributed by atoms with Gasteiger partial charge in [-0.05, 0) is 56.7 Å². The summed E-state index contributed by atoms with van der Waals surface area (Å²) >= 11 is 0. The van der Waals surface area contributed by atoms with Crippen LogP contribution in [0.3, 0.4) is 0 Å². The van der Waals surface area contributed by atoms with Crippen LogP contribution in [0.5, 0.6) is 0 Å². The molecule has 3 N–H and O–H groups in total. The van der Waals surface area contributed by atoms with Crippen molar-refractivity contribution in [3.8, 4) is 0 Å². The Morgan fingerprint density at radius 1 is 1.04 bits per heavy atom. The minimum absolute atomic E-state index is 0.129. The van der Waals surface area contributed by atoms with Crippen molar-refractivity contribution in [3.63, 3.8) is 0 Å². The van der Waals surface area contributed by atoms with E-state index in [0.29, 0.717) is 12.0 Å². The molecule has 2 amide bonds. The molecule has 0 radical (unpaired) electrons. The van der Waals surface area contributed by atoms with E-state index in [1.807, 2.05) is 57.1 Å². The van der Waals surface area contributed by atoms with Crippen molar-refractivity contribution in [2.24, 2.45) is 0 Å². The third-order valence-electron chi connectivity index (χ3n) is 5.21. The number of aryl methyl sites for hydroxylation is 2. The fourth-order valence-corrected chi connectivity index (χ4v) is 3.58. The predicted molar refractivity (Wildman–Crippen MR) is 114 cm³/mol. The number of carbonyl (C=O) groups is 1. The molecule has 1 saturated carbocycles. The summed E-state index contributed by atoms with van der Waals surface area (Å²) in [5, 5.41) is 9.55. The van der Waals surface area contributed by atoms with Crippen LogP contribution in [0.4, 0.5) is 22.2 Å². The lowest BCUT2D eigenvalue weighted by molar-refractivity contribution is 0.243. The number of benzene rings is 1. The lowest BCUT2D eigenvalue weighted by Gasteiger charge is -2.30. The summed E-state index contributed by atoms with van der Waals surface area (Å²) in [6.45, 7) is 4.01. The SMILES string of the molecule is Cc1cccc(C)c1NC(=O)N[C@H]1CC[C@@H](Nc2nccc(N(C)C)n2)CC1. The summed E-state index contributed by atoms with van der Waals surface area (Å²) < 4.78 is 0. The molecule has 0 unspecified atom stereocenters. The summed E-state index contributed by atoms with van der Waals surface area (Å²) in [7, 11) is 3.93. The van der Waals surface area contributed by atoms with Crippen LogP contribution < -0.4 is 20.9 Å². The molecule has 7 nitrogen and oxygen atoms in total. The Morgan fingerprint density at radius 2 is 1.68 bits per heavy atom. The third kappa shape index (κ3) is 5.12. The largest absolute Gasteiger partial charge is 0.363 e. The molecule has 1 aromatic carbocycles. The van der Waals surface area contributed by atoms with Gasteiger partial charge in [0.05, 0.1) is 0 Å². The van der Waals surface area contributed by atoms with Crippen molar-refractivity contribution in [1.82, 2.24) is 15.3 Å². The number of amides is 2. The van der Waals surface area contributed by atoms with E-state index in [0.717, 1.165) is 48.3 Å². The molecule has 1 aromatic heterocycles. The number of urea groups is 1. The zero-order valence-electron chi connectivity index (χ0n) is 17.1. The summed E-state index contributed by atoms with van der Waals surface area (Å²) in [5.41, 5.74) is 3.04. The Hall–Kier alpha value is -2.83. The number of nitrogens with one attached hydrogen (secondary N) is 3. The summed E-state index contributed by atoms with van der Waals surface area (Å²) in [4.78, 5) is 23.2. The Balaban J connectivity index is 1.47. The molecule has 7 heteroatoms. The molecule has 0 bridgehead atoms. The highest BCUT2D eigenvalue weighted by Crippen LogP contribution is 2.23. The Labute approximate surface area is 167 Å². The Kier molecular flexibility index (Phi) is 6.34. The van der Waals surface area contributed by atoms with Crippen LogP contribution in [-0.2, 0) is 0 Å². The number of rotatable bonds is 5. The number of para-hydroxylation sites is 1. The van der Waals surface area contributed by atoms with Gasteiger partial charge in [-0.25, -0.2) is 9.78 Å². The molecule has 0 spiro atoms. The molecule has 0 atom stereocenters. The summed E-state index contributed by atoms with van der Waals surface area (Å²) in [5.74, 6) is 1.55. The van der Waals surface area contributed by atoms with E-state index in [1.165, 1.54) is 0 Å². The molecule has 1 fully saturated rings. The molecule has 1 aliphatic rings. The van der Waals surface area contributed by atoms with E-state index in [9.17, 15) is 4.79 Å². The van der Waals surface area contributed by atoms with Gasteiger partial charge in [-0.3, -0.25) is 0 Å². The lowest BCUT2D eigenvalue weighted by atomic mass is 9.91. The zero-order chi connectivity index (χ0) is 20.1. The van der Waals surface area contributed by atoms with Gasteiger partial charge in [0.15, 0.2) is 0 Å². The van der Waals surface area contributed by atoms with Crippen molar-refractivity contribution < 1.29 is 4.79 Å². The van der Waals surface area contributed by atoms with Crippen molar-refractivity contribution >= 4 is 23.5 Å². The second kappa shape index (κ2) is 8.91. The van der Waals surface area contributed by atoms with E-state index in [-0.39, 0.29) is 12.1 Å². The van der Waals surface area contributed by atoms with Crippen molar-refractivity contribution in [3.05, 3.63) is 41.6 Å². The van der Waals surface area contributed by atoms with E-state index in [4.69, 9.17) is 0 Å². The highest BCUT2D eigenvalue weighted by molar-refractivity contribution is 5.91. The van der Waals surface area contributed by atoms with Gasteiger partial charge in [-0.2, -0.15) is 4.98 Å². The first-order chi connectivity index (χ1) is 13.4. The minimum Gasteiger partial charge on any atom is -0.363 e. The van der Waals surface area contributed by atoms with Gasteiger partial charge in [-0.15, -0.1) is 0 Å². The maximum absolute atomic E-state index is 12.4. The number of anilines is 3. The Bertz CT molecular complexity index is 794. The molecule has 0 aliphatic heterocycles.